The summed E-state index contributed by atoms with van der Waals surface area (Å²) in [6, 6.07) is 11.5. The predicted molar refractivity (Wildman–Crippen MR) is 280 cm³/mol. The van der Waals surface area contributed by atoms with Crippen LogP contribution in [0.2, 0.25) is 0 Å². The summed E-state index contributed by atoms with van der Waals surface area (Å²) in [6.07, 6.45) is 13.8. The van der Waals surface area contributed by atoms with Crippen LogP contribution in [0.15, 0.2) is 54.4 Å². The van der Waals surface area contributed by atoms with Crippen molar-refractivity contribution in [2.24, 2.45) is 17.8 Å². The standard InChI is InChI=1S/C55H65NO10S4/c1-29(2)10-18-64-41-24-38(48(60)50(63-3)49(41)61)55-15-14-54-13-8-30-21-37-36-23-33(59)6-7-34(36)43-39(65-19-17-57)25-40(66-55)44(47(54)51(55)62)46(43)52(37,27-58)28-67-69-53(11-4-5-12-53)45-35(31-9-16-56-26-31)20-32(30)22-42(45)68-70-54/h6-7,9,16,23-26,29-30,32,37,42,47,51,56-62H,4-5,8,10-15,17-22,27-28H2,1-3H3/t30-,32+,37+,42+,47+,51+,52-,54+,55-/m0/s1. The van der Waals surface area contributed by atoms with Crippen LogP contribution in [0, 0.1) is 17.8 Å². The fourth-order valence-corrected chi connectivity index (χ4v) is 22.8. The number of aliphatic hydroxyl groups is 3. The van der Waals surface area contributed by atoms with Gasteiger partial charge >= 0.3 is 0 Å². The van der Waals surface area contributed by atoms with Gasteiger partial charge in [0, 0.05) is 67.0 Å². The van der Waals surface area contributed by atoms with Gasteiger partial charge in [-0.2, -0.15) is 0 Å². The first-order valence-electron chi connectivity index (χ1n) is 25.5. The van der Waals surface area contributed by atoms with E-state index in [2.05, 4.69) is 37.3 Å². The molecule has 7 N–H and O–H groups in total. The number of benzene rings is 3. The second kappa shape index (κ2) is 17.9. The maximum absolute atomic E-state index is 14.0. The zero-order valence-corrected chi connectivity index (χ0v) is 43.4. The van der Waals surface area contributed by atoms with E-state index in [4.69, 9.17) is 18.9 Å². The van der Waals surface area contributed by atoms with Gasteiger partial charge in [-0.25, -0.2) is 0 Å². The molecule has 0 radical (unpaired) electrons. The van der Waals surface area contributed by atoms with Crippen molar-refractivity contribution in [1.29, 1.82) is 0 Å². The van der Waals surface area contributed by atoms with E-state index >= 15 is 0 Å². The highest BCUT2D eigenvalue weighted by Gasteiger charge is 2.67. The molecule has 2 spiro atoms. The maximum atomic E-state index is 14.0. The summed E-state index contributed by atoms with van der Waals surface area (Å²) in [5.74, 6) is 1.23. The average Bonchev–Trinajstić information content (AvgIpc) is 4.07. The number of methoxy groups -OCH3 is 1. The van der Waals surface area contributed by atoms with E-state index in [9.17, 15) is 30.6 Å². The summed E-state index contributed by atoms with van der Waals surface area (Å²) in [6.45, 7) is 4.12. The number of allylic oxidation sites excluding steroid dienone is 1. The third kappa shape index (κ3) is 7.03. The van der Waals surface area contributed by atoms with Crippen molar-refractivity contribution in [3.63, 3.8) is 0 Å². The molecule has 374 valence electrons. The summed E-state index contributed by atoms with van der Waals surface area (Å²) < 4.78 is 25.6. The number of fused-ring (bicyclic) bond motifs is 7. The van der Waals surface area contributed by atoms with Gasteiger partial charge in [-0.05, 0) is 146 Å². The van der Waals surface area contributed by atoms with Gasteiger partial charge in [-0.15, -0.1) is 0 Å². The number of phenolic OH excluding ortho intramolecular Hbond substituents is 3. The van der Waals surface area contributed by atoms with Crippen LogP contribution >= 0.6 is 43.2 Å². The van der Waals surface area contributed by atoms with E-state index in [1.165, 1.54) is 18.2 Å². The number of aromatic nitrogens is 1. The van der Waals surface area contributed by atoms with Crippen LogP contribution < -0.4 is 18.9 Å². The van der Waals surface area contributed by atoms with Gasteiger partial charge in [-0.3, -0.25) is 0 Å². The lowest BCUT2D eigenvalue weighted by molar-refractivity contribution is -0.125. The Bertz CT molecular complexity index is 2720. The Morgan fingerprint density at radius 2 is 1.73 bits per heavy atom. The number of ether oxygens (including phenoxy) is 4. The van der Waals surface area contributed by atoms with Crippen LogP contribution in [0.1, 0.15) is 131 Å². The molecule has 13 rings (SSSR count). The molecule has 9 atom stereocenters. The second-order valence-corrected chi connectivity index (χ2v) is 27.3. The number of aliphatic hydroxyl groups excluding tert-OH is 3. The Balaban J connectivity index is 1.17. The first-order chi connectivity index (χ1) is 33.9. The topological polar surface area (TPSA) is 174 Å². The van der Waals surface area contributed by atoms with Crippen LogP contribution in [0.3, 0.4) is 0 Å². The highest BCUT2D eigenvalue weighted by Crippen LogP contribution is 2.74. The molecule has 10 bridgehead atoms. The summed E-state index contributed by atoms with van der Waals surface area (Å²) in [7, 11) is 9.30. The first kappa shape index (κ1) is 47.6. The largest absolute Gasteiger partial charge is 0.508 e. The number of hydrogen-bond acceptors (Lipinski definition) is 14. The molecular formula is C55H65NO10S4. The second-order valence-electron chi connectivity index (χ2n) is 21.9. The Morgan fingerprint density at radius 1 is 0.900 bits per heavy atom. The average molecular weight is 1030 g/mol. The molecule has 3 aromatic carbocycles. The summed E-state index contributed by atoms with van der Waals surface area (Å²) in [5.41, 5.74) is 6.67. The summed E-state index contributed by atoms with van der Waals surface area (Å²) in [5, 5.41) is 72.7. The SMILES string of the molecule is COc1c(O)c(OCCC(C)C)cc([C@@]23CC[C@@]45CC[C@H]6C[C@@H]7c8cc(O)ccc8-c8c(OCCO)cc(c(c8[C@@]7(CO)CSSC7(CCCC7)C7=C(c8cc[nH]c8)C[C@@H]6C[C@H]7SS4)[C@@H]5[C@H]2O)O3)c1O. The van der Waals surface area contributed by atoms with E-state index in [-0.39, 0.29) is 76.0 Å². The van der Waals surface area contributed by atoms with Gasteiger partial charge in [-0.1, -0.05) is 75.9 Å². The van der Waals surface area contributed by atoms with Gasteiger partial charge in [0.2, 0.25) is 11.5 Å². The maximum Gasteiger partial charge on any atom is 0.207 e. The summed E-state index contributed by atoms with van der Waals surface area (Å²) >= 11 is 0. The van der Waals surface area contributed by atoms with Crippen LogP contribution in [-0.4, -0.2) is 95.8 Å². The van der Waals surface area contributed by atoms with Crippen molar-refractivity contribution in [1.82, 2.24) is 4.98 Å². The number of rotatable bonds is 11. The lowest BCUT2D eigenvalue weighted by Gasteiger charge is -2.60. The monoisotopic (exact) mass is 1030 g/mol. The van der Waals surface area contributed by atoms with E-state index < -0.39 is 27.8 Å². The minimum absolute atomic E-state index is 0.00566. The van der Waals surface area contributed by atoms with Crippen molar-refractivity contribution >= 4 is 48.7 Å². The molecule has 11 nitrogen and oxygen atoms in total. The zero-order valence-electron chi connectivity index (χ0n) is 40.1. The zero-order chi connectivity index (χ0) is 48.3. The van der Waals surface area contributed by atoms with E-state index in [1.807, 2.05) is 61.4 Å². The molecule has 4 fully saturated rings. The molecule has 5 heterocycles. The van der Waals surface area contributed by atoms with Crippen molar-refractivity contribution in [2.45, 2.75) is 135 Å². The van der Waals surface area contributed by atoms with E-state index in [0.717, 1.165) is 92.0 Å². The summed E-state index contributed by atoms with van der Waals surface area (Å²) in [4.78, 5) is 3.42. The molecule has 4 aliphatic heterocycles. The first-order valence-corrected chi connectivity index (χ1v) is 30.0. The third-order valence-electron chi connectivity index (χ3n) is 17.9. The van der Waals surface area contributed by atoms with Crippen molar-refractivity contribution < 1.29 is 49.6 Å². The molecule has 9 aliphatic rings. The number of hydrogen-bond donors (Lipinski definition) is 7. The normalized spacial score (nSPS) is 32.2. The number of nitrogens with one attached hydrogen (secondary N) is 1. The highest BCUT2D eigenvalue weighted by molar-refractivity contribution is 8.78. The lowest BCUT2D eigenvalue weighted by Crippen LogP contribution is -2.61. The predicted octanol–water partition coefficient (Wildman–Crippen LogP) is 11.3. The molecule has 0 amide bonds. The smallest absolute Gasteiger partial charge is 0.207 e. The van der Waals surface area contributed by atoms with Gasteiger partial charge in [0.1, 0.15) is 30.0 Å². The minimum atomic E-state index is -1.53. The Labute approximate surface area is 426 Å². The molecule has 2 saturated carbocycles. The van der Waals surface area contributed by atoms with Crippen molar-refractivity contribution in [3.8, 4) is 51.4 Å². The van der Waals surface area contributed by atoms with Crippen LogP contribution in [-0.2, 0) is 11.0 Å². The van der Waals surface area contributed by atoms with E-state index in [0.29, 0.717) is 48.5 Å². The Hall–Kier alpha value is -3.44. The minimum Gasteiger partial charge on any atom is -0.508 e. The molecule has 70 heavy (non-hydrogen) atoms. The molecule has 1 aromatic heterocycles. The quantitative estimate of drug-likeness (QED) is 0.0707. The molecular weight excluding hydrogens is 963 g/mol. The van der Waals surface area contributed by atoms with Gasteiger partial charge in [0.25, 0.3) is 0 Å². The fourth-order valence-electron chi connectivity index (χ4n) is 14.7. The number of aromatic hydroxyl groups is 3. The number of H-pyrrole nitrogens is 1. The third-order valence-corrected chi connectivity index (χ3v) is 25.0. The lowest BCUT2D eigenvalue weighted by atomic mass is 9.52. The van der Waals surface area contributed by atoms with Crippen LogP contribution in [0.25, 0.3) is 16.7 Å². The molecule has 4 aromatic rings. The number of aromatic amines is 1. The molecule has 2 saturated heterocycles. The van der Waals surface area contributed by atoms with Gasteiger partial charge in [0.15, 0.2) is 17.1 Å². The number of phenols is 3. The fraction of sp³-hybridized carbons (Fsp3) is 0.564. The Kier molecular flexibility index (Phi) is 12.2. The van der Waals surface area contributed by atoms with Crippen molar-refractivity contribution in [2.75, 3.05) is 39.3 Å². The Morgan fingerprint density at radius 3 is 2.49 bits per heavy atom. The highest BCUT2D eigenvalue weighted by atomic mass is 33.1. The van der Waals surface area contributed by atoms with Crippen molar-refractivity contribution in [3.05, 3.63) is 82.2 Å². The van der Waals surface area contributed by atoms with Crippen LogP contribution in [0.4, 0.5) is 0 Å². The van der Waals surface area contributed by atoms with E-state index in [1.54, 1.807) is 17.7 Å². The van der Waals surface area contributed by atoms with Gasteiger partial charge < -0.3 is 54.6 Å². The molecule has 0 unspecified atom stereocenters. The molecule has 5 aliphatic carbocycles. The van der Waals surface area contributed by atoms with Crippen LogP contribution in [0.5, 0.6) is 40.2 Å². The van der Waals surface area contributed by atoms with Gasteiger partial charge in [0.05, 0.1) is 26.9 Å². The molecule has 15 heteroatoms.